The lowest BCUT2D eigenvalue weighted by atomic mass is 9.85. The molecule has 10 heteroatoms. The van der Waals surface area contributed by atoms with Crippen LogP contribution in [0.2, 0.25) is 0 Å². The van der Waals surface area contributed by atoms with Gasteiger partial charge in [0, 0.05) is 17.9 Å². The molecule has 244 valence electrons. The van der Waals surface area contributed by atoms with Gasteiger partial charge in [0.25, 0.3) is 0 Å². The van der Waals surface area contributed by atoms with Gasteiger partial charge in [0.05, 0.1) is 30.7 Å². The maximum absolute atomic E-state index is 14.4. The predicted octanol–water partition coefficient (Wildman–Crippen LogP) is 5.64. The third-order valence-corrected chi connectivity index (χ3v) is 10.4. The number of carbonyl (C=O) groups excluding carboxylic acids is 3. The Morgan fingerprint density at radius 2 is 1.87 bits per heavy atom. The van der Waals surface area contributed by atoms with E-state index in [2.05, 4.69) is 5.32 Å². The number of fused-ring (bicyclic) bond motifs is 5. The van der Waals surface area contributed by atoms with Crippen LogP contribution in [0.15, 0.2) is 18.2 Å². The number of nitrogens with one attached hydrogen (secondary N) is 1. The van der Waals surface area contributed by atoms with Crippen LogP contribution in [0.5, 0.6) is 11.6 Å². The largest absolute Gasteiger partial charge is 0.497 e. The molecule has 1 saturated heterocycles. The molecule has 6 rings (SSSR count). The molecule has 2 amide bonds. The van der Waals surface area contributed by atoms with Crippen molar-refractivity contribution in [1.82, 2.24) is 20.2 Å². The summed E-state index contributed by atoms with van der Waals surface area (Å²) in [6.07, 6.45) is 7.35. The molecule has 0 spiro atoms. The first-order chi connectivity index (χ1) is 21.4. The van der Waals surface area contributed by atoms with E-state index in [4.69, 9.17) is 24.2 Å². The molecule has 2 aromatic rings. The van der Waals surface area contributed by atoms with Gasteiger partial charge in [0.15, 0.2) is 5.78 Å². The first-order valence-corrected chi connectivity index (χ1v) is 16.8. The van der Waals surface area contributed by atoms with Crippen molar-refractivity contribution in [3.05, 3.63) is 23.9 Å². The van der Waals surface area contributed by atoms with Crippen LogP contribution in [-0.4, -0.2) is 70.1 Å². The van der Waals surface area contributed by atoms with Gasteiger partial charge in [-0.3, -0.25) is 9.59 Å². The number of aromatic nitrogens is 2. The van der Waals surface area contributed by atoms with Crippen LogP contribution in [0.25, 0.3) is 11.0 Å². The molecule has 2 saturated carbocycles. The smallest absolute Gasteiger partial charge is 0.408 e. The van der Waals surface area contributed by atoms with Crippen molar-refractivity contribution < 1.29 is 28.6 Å². The van der Waals surface area contributed by atoms with E-state index in [1.807, 2.05) is 45.9 Å². The first-order valence-electron chi connectivity index (χ1n) is 16.8. The van der Waals surface area contributed by atoms with Crippen molar-refractivity contribution >= 4 is 28.8 Å². The number of nitrogens with zero attached hydrogens (tertiary/aromatic N) is 3. The zero-order chi connectivity index (χ0) is 32.1. The zero-order valence-electron chi connectivity index (χ0n) is 27.6. The quantitative estimate of drug-likeness (QED) is 0.467. The molecule has 4 aliphatic rings. The van der Waals surface area contributed by atoms with Crippen molar-refractivity contribution in [2.75, 3.05) is 13.7 Å². The van der Waals surface area contributed by atoms with Crippen molar-refractivity contribution in [3.63, 3.8) is 0 Å². The Morgan fingerprint density at radius 3 is 2.53 bits per heavy atom. The van der Waals surface area contributed by atoms with Crippen molar-refractivity contribution in [2.45, 2.75) is 116 Å². The minimum Gasteiger partial charge on any atom is -0.497 e. The Morgan fingerprint density at radius 1 is 1.09 bits per heavy atom. The van der Waals surface area contributed by atoms with Gasteiger partial charge >= 0.3 is 6.09 Å². The first kappa shape index (κ1) is 31.5. The fraction of sp³-hybridized carbons (Fsp3) is 0.686. The van der Waals surface area contributed by atoms with E-state index in [-0.39, 0.29) is 24.2 Å². The lowest BCUT2D eigenvalue weighted by molar-refractivity contribution is -0.141. The van der Waals surface area contributed by atoms with Crippen LogP contribution < -0.4 is 14.8 Å². The number of aryl methyl sites for hydroxylation is 1. The number of amides is 2. The number of alkyl carbamates (subject to hydrolysis) is 1. The molecule has 1 N–H and O–H groups in total. The summed E-state index contributed by atoms with van der Waals surface area (Å²) in [6.45, 7) is 9.52. The molecule has 3 fully saturated rings. The van der Waals surface area contributed by atoms with Crippen LogP contribution >= 0.6 is 0 Å². The molecular weight excluding hydrogens is 572 g/mol. The summed E-state index contributed by atoms with van der Waals surface area (Å²) in [4.78, 5) is 52.6. The lowest BCUT2D eigenvalue weighted by Gasteiger charge is -2.35. The molecule has 0 unspecified atom stereocenters. The molecule has 0 radical (unpaired) electrons. The monoisotopic (exact) mass is 620 g/mol. The molecule has 3 heterocycles. The molecular formula is C35H48N4O6. The van der Waals surface area contributed by atoms with Gasteiger partial charge in [-0.1, -0.05) is 40.5 Å². The third kappa shape index (κ3) is 6.21. The highest BCUT2D eigenvalue weighted by atomic mass is 16.6. The van der Waals surface area contributed by atoms with Gasteiger partial charge < -0.3 is 24.4 Å². The molecule has 10 nitrogen and oxygen atoms in total. The van der Waals surface area contributed by atoms with E-state index in [1.54, 1.807) is 12.0 Å². The topological polar surface area (TPSA) is 120 Å². The minimum atomic E-state index is -0.876. The van der Waals surface area contributed by atoms with Gasteiger partial charge in [0.1, 0.15) is 29.2 Å². The van der Waals surface area contributed by atoms with Gasteiger partial charge in [-0.2, -0.15) is 0 Å². The number of hydrogen-bond acceptors (Lipinski definition) is 8. The van der Waals surface area contributed by atoms with Crippen molar-refractivity contribution in [1.29, 1.82) is 0 Å². The Hall–Kier alpha value is -3.43. The van der Waals surface area contributed by atoms with Crippen LogP contribution in [0.3, 0.4) is 0 Å². The van der Waals surface area contributed by atoms with Gasteiger partial charge in [-0.25, -0.2) is 14.8 Å². The van der Waals surface area contributed by atoms with Crippen LogP contribution in [-0.2, 0) is 20.7 Å². The van der Waals surface area contributed by atoms with Crippen LogP contribution in [0.4, 0.5) is 4.79 Å². The minimum absolute atomic E-state index is 0.106. The van der Waals surface area contributed by atoms with Gasteiger partial charge in [0.2, 0.25) is 11.8 Å². The highest BCUT2D eigenvalue weighted by Gasteiger charge is 2.65. The second kappa shape index (κ2) is 12.1. The molecule has 1 aromatic carbocycles. The van der Waals surface area contributed by atoms with E-state index in [0.717, 1.165) is 56.2 Å². The Balaban J connectivity index is 1.38. The normalized spacial score (nSPS) is 31.1. The summed E-state index contributed by atoms with van der Waals surface area (Å²) in [5, 5.41) is 2.96. The van der Waals surface area contributed by atoms with Crippen molar-refractivity contribution in [2.24, 2.45) is 23.2 Å². The van der Waals surface area contributed by atoms with Crippen molar-refractivity contribution in [3.8, 4) is 11.6 Å². The average molecular weight is 621 g/mol. The summed E-state index contributed by atoms with van der Waals surface area (Å²) >= 11 is 0. The third-order valence-electron chi connectivity index (χ3n) is 10.4. The van der Waals surface area contributed by atoms with E-state index in [9.17, 15) is 14.4 Å². The molecule has 2 aliphatic heterocycles. The SMILES string of the molecule is CC[C@@H]1[C@@H]2CN(C(=O)[C@H](C(C)(C)C)NC(=O)O[C@]3(C4CC4)C[C@H]3CCCCCc3nc4ccc(OC)cc4nc3O2)[C@@H]1C(C)=O. The van der Waals surface area contributed by atoms with Gasteiger partial charge in [-0.15, -0.1) is 0 Å². The number of benzene rings is 1. The number of Topliss-reactive ketones (excluding diaryl/α,β-unsaturated/α-hetero) is 1. The zero-order valence-corrected chi connectivity index (χ0v) is 27.6. The summed E-state index contributed by atoms with van der Waals surface area (Å²) < 4.78 is 18.3. The number of carbonyl (C=O) groups is 3. The molecule has 2 aliphatic carbocycles. The lowest BCUT2D eigenvalue weighted by Crippen LogP contribution is -2.57. The van der Waals surface area contributed by atoms with E-state index >= 15 is 0 Å². The number of ketones is 1. The van der Waals surface area contributed by atoms with E-state index < -0.39 is 35.3 Å². The highest BCUT2D eigenvalue weighted by Crippen LogP contribution is 2.62. The molecule has 2 bridgehead atoms. The molecule has 45 heavy (non-hydrogen) atoms. The number of methoxy groups -OCH3 is 1. The summed E-state index contributed by atoms with van der Waals surface area (Å²) in [5.41, 5.74) is 1.18. The van der Waals surface area contributed by atoms with Gasteiger partial charge in [-0.05, 0) is 75.3 Å². The Kier molecular flexibility index (Phi) is 8.46. The summed E-state index contributed by atoms with van der Waals surface area (Å²) in [5.74, 6) is 1.22. The maximum atomic E-state index is 14.4. The Labute approximate surface area is 266 Å². The average Bonchev–Trinajstić information content (AvgIpc) is 3.91. The van der Waals surface area contributed by atoms with E-state index in [0.29, 0.717) is 41.8 Å². The molecule has 6 atom stereocenters. The van der Waals surface area contributed by atoms with Crippen LogP contribution in [0, 0.1) is 23.2 Å². The number of rotatable bonds is 4. The predicted molar refractivity (Wildman–Crippen MR) is 169 cm³/mol. The molecule has 1 aromatic heterocycles. The fourth-order valence-electron chi connectivity index (χ4n) is 7.77. The Bertz CT molecular complexity index is 1470. The number of hydrogen-bond donors (Lipinski definition) is 1. The second-order valence-electron chi connectivity index (χ2n) is 14.7. The number of ether oxygens (including phenoxy) is 3. The second-order valence-corrected chi connectivity index (χ2v) is 14.7. The highest BCUT2D eigenvalue weighted by molar-refractivity contribution is 5.92. The van der Waals surface area contributed by atoms with Crippen LogP contribution in [0.1, 0.15) is 91.7 Å². The van der Waals surface area contributed by atoms with E-state index in [1.165, 1.54) is 6.92 Å². The summed E-state index contributed by atoms with van der Waals surface area (Å²) in [6, 6.07) is 4.08. The maximum Gasteiger partial charge on any atom is 0.408 e. The fourth-order valence-corrected chi connectivity index (χ4v) is 7.77. The standard InChI is InChI=1S/C35H48N4O6/c1-7-24-28-19-39(29(24)20(2)40)32(41)30(34(3,4)5)38-33(42)45-35(21-13-14-21)18-22(35)11-9-8-10-12-26-31(44-28)37-27-17-23(43-6)15-16-25(27)36-26/h15-17,21-22,24,28-30H,7-14,18-19H2,1-6H3,(H,38,42)/t22-,24-,28+,29-,30-,35+/m1/s1. The summed E-state index contributed by atoms with van der Waals surface area (Å²) in [7, 11) is 1.62.